The van der Waals surface area contributed by atoms with Gasteiger partial charge in [-0.1, -0.05) is 60.7 Å². The summed E-state index contributed by atoms with van der Waals surface area (Å²) in [5.74, 6) is 0.579. The highest BCUT2D eigenvalue weighted by molar-refractivity contribution is 5.63. The van der Waals surface area contributed by atoms with Crippen molar-refractivity contribution in [1.29, 1.82) is 5.26 Å². The van der Waals surface area contributed by atoms with E-state index in [-0.39, 0.29) is 0 Å². The number of aromatic nitrogens is 1. The van der Waals surface area contributed by atoms with E-state index in [0.717, 1.165) is 56.6 Å². The Labute approximate surface area is 196 Å². The van der Waals surface area contributed by atoms with Crippen LogP contribution in [0.15, 0.2) is 61.3 Å². The van der Waals surface area contributed by atoms with Crippen LogP contribution >= 0.6 is 0 Å². The molecule has 2 heterocycles. The number of aryl methyl sites for hydroxylation is 1. The van der Waals surface area contributed by atoms with Crippen molar-refractivity contribution in [2.45, 2.75) is 45.1 Å². The standard InChI is InChI=1S/C30H31N3/c1-22-10-12-24(13-11-22)20-33-21-29(28-8-3-4-9-30(28)33)26-14-16-32(17-15-26)23(2)27-7-5-6-25(18-27)19-31/h5-13,18,21,26H,2-4,14-17,20H2,1H3. The summed E-state index contributed by atoms with van der Waals surface area (Å²) in [4.78, 5) is 2.39. The molecule has 0 unspecified atom stereocenters. The number of hydrogen-bond acceptors (Lipinski definition) is 2. The molecule has 0 saturated carbocycles. The summed E-state index contributed by atoms with van der Waals surface area (Å²) in [5, 5.41) is 12.1. The van der Waals surface area contributed by atoms with Gasteiger partial charge in [0.1, 0.15) is 0 Å². The minimum atomic E-state index is 0.579. The van der Waals surface area contributed by atoms with Crippen LogP contribution in [0.4, 0.5) is 0 Å². The average Bonchev–Trinajstić information content (AvgIpc) is 3.23. The number of nitrogens with zero attached hydrogens (tertiary/aromatic N) is 3. The third-order valence-corrected chi connectivity index (χ3v) is 7.16. The number of benzene rings is 2. The SMILES string of the molecule is C=C(c1cccc(C#N)c1)N1CCC(c2cn(Cc3ccc(C)cc3)c3c2=CCCC=3)CC1. The fourth-order valence-corrected chi connectivity index (χ4v) is 5.26. The molecule has 0 radical (unpaired) electrons. The number of hydrogen-bond donors (Lipinski definition) is 0. The molecule has 0 amide bonds. The molecule has 1 saturated heterocycles. The van der Waals surface area contributed by atoms with E-state index < -0.39 is 0 Å². The molecule has 2 aliphatic rings. The summed E-state index contributed by atoms with van der Waals surface area (Å²) in [7, 11) is 0. The topological polar surface area (TPSA) is 32.0 Å². The van der Waals surface area contributed by atoms with Crippen LogP contribution in [0.25, 0.3) is 17.8 Å². The molecule has 0 N–H and O–H groups in total. The molecule has 0 bridgehead atoms. The second-order valence-corrected chi connectivity index (χ2v) is 9.38. The van der Waals surface area contributed by atoms with Crippen LogP contribution in [0.3, 0.4) is 0 Å². The highest BCUT2D eigenvalue weighted by atomic mass is 15.1. The zero-order valence-corrected chi connectivity index (χ0v) is 19.4. The molecule has 3 nitrogen and oxygen atoms in total. The lowest BCUT2D eigenvalue weighted by Gasteiger charge is -2.35. The van der Waals surface area contributed by atoms with Gasteiger partial charge in [0.15, 0.2) is 0 Å². The summed E-state index contributed by atoms with van der Waals surface area (Å²) < 4.78 is 2.46. The van der Waals surface area contributed by atoms with Crippen molar-refractivity contribution in [3.8, 4) is 6.07 Å². The van der Waals surface area contributed by atoms with E-state index in [2.05, 4.69) is 77.7 Å². The second kappa shape index (κ2) is 9.16. The monoisotopic (exact) mass is 433 g/mol. The lowest BCUT2D eigenvalue weighted by molar-refractivity contribution is 0.299. The quantitative estimate of drug-likeness (QED) is 0.572. The zero-order valence-electron chi connectivity index (χ0n) is 19.4. The van der Waals surface area contributed by atoms with Gasteiger partial charge in [0.25, 0.3) is 0 Å². The van der Waals surface area contributed by atoms with Gasteiger partial charge in [-0.3, -0.25) is 0 Å². The third kappa shape index (κ3) is 4.39. The molecule has 3 heteroatoms. The highest BCUT2D eigenvalue weighted by Gasteiger charge is 2.24. The normalized spacial score (nSPS) is 15.8. The molecule has 5 rings (SSSR count). The van der Waals surface area contributed by atoms with Gasteiger partial charge in [-0.15, -0.1) is 0 Å². The van der Waals surface area contributed by atoms with Gasteiger partial charge in [-0.25, -0.2) is 0 Å². The van der Waals surface area contributed by atoms with Crippen LogP contribution in [0.1, 0.15) is 59.4 Å². The van der Waals surface area contributed by atoms with E-state index in [1.807, 2.05) is 18.2 Å². The number of piperidine rings is 1. The Morgan fingerprint density at radius 2 is 1.82 bits per heavy atom. The smallest absolute Gasteiger partial charge is 0.0991 e. The molecule has 3 aromatic rings. The van der Waals surface area contributed by atoms with E-state index in [9.17, 15) is 5.26 Å². The first-order valence-electron chi connectivity index (χ1n) is 12.0. The maximum absolute atomic E-state index is 9.22. The van der Waals surface area contributed by atoms with Gasteiger partial charge in [-0.05, 0) is 72.6 Å². The minimum Gasteiger partial charge on any atom is -0.371 e. The maximum atomic E-state index is 9.22. The van der Waals surface area contributed by atoms with Crippen LogP contribution in [-0.2, 0) is 6.54 Å². The molecular weight excluding hydrogens is 402 g/mol. The van der Waals surface area contributed by atoms with Crippen molar-refractivity contribution in [2.75, 3.05) is 13.1 Å². The minimum absolute atomic E-state index is 0.579. The van der Waals surface area contributed by atoms with Crippen molar-refractivity contribution < 1.29 is 0 Å². The molecule has 0 spiro atoms. The van der Waals surface area contributed by atoms with Gasteiger partial charge in [0.2, 0.25) is 0 Å². The van der Waals surface area contributed by atoms with E-state index in [0.29, 0.717) is 11.5 Å². The number of likely N-dealkylation sites (tertiary alicyclic amines) is 1. The van der Waals surface area contributed by atoms with Crippen molar-refractivity contribution in [2.24, 2.45) is 0 Å². The van der Waals surface area contributed by atoms with Crippen molar-refractivity contribution in [3.63, 3.8) is 0 Å². The number of nitriles is 1. The molecule has 1 aromatic heterocycles. The Bertz CT molecular complexity index is 1330. The van der Waals surface area contributed by atoms with Gasteiger partial charge < -0.3 is 9.47 Å². The Kier molecular flexibility index (Phi) is 5.92. The molecule has 1 aliphatic heterocycles. The summed E-state index contributed by atoms with van der Waals surface area (Å²) in [6.45, 7) is 9.42. The number of rotatable bonds is 5. The summed E-state index contributed by atoms with van der Waals surface area (Å²) in [5.41, 5.74) is 6.96. The van der Waals surface area contributed by atoms with Crippen LogP contribution in [0.2, 0.25) is 0 Å². The van der Waals surface area contributed by atoms with Gasteiger partial charge >= 0.3 is 0 Å². The molecule has 166 valence electrons. The lowest BCUT2D eigenvalue weighted by Crippen LogP contribution is -2.35. The van der Waals surface area contributed by atoms with E-state index in [4.69, 9.17) is 0 Å². The van der Waals surface area contributed by atoms with Gasteiger partial charge in [0, 0.05) is 36.9 Å². The summed E-state index contributed by atoms with van der Waals surface area (Å²) >= 11 is 0. The first kappa shape index (κ1) is 21.3. The Morgan fingerprint density at radius 3 is 2.58 bits per heavy atom. The zero-order chi connectivity index (χ0) is 22.8. The average molecular weight is 434 g/mol. The van der Waals surface area contributed by atoms with Crippen LogP contribution in [0.5, 0.6) is 0 Å². The fourth-order valence-electron chi connectivity index (χ4n) is 5.26. The third-order valence-electron chi connectivity index (χ3n) is 7.16. The summed E-state index contributed by atoms with van der Waals surface area (Å²) in [6.07, 6.45) is 11.8. The predicted molar refractivity (Wildman–Crippen MR) is 136 cm³/mol. The Hall–Kier alpha value is -3.51. The molecule has 1 aliphatic carbocycles. The van der Waals surface area contributed by atoms with Crippen LogP contribution in [-0.4, -0.2) is 22.6 Å². The fraction of sp³-hybridized carbons (Fsp3) is 0.300. The lowest BCUT2D eigenvalue weighted by atomic mass is 9.89. The maximum Gasteiger partial charge on any atom is 0.0991 e. The molecule has 0 atom stereocenters. The van der Waals surface area contributed by atoms with Gasteiger partial charge in [-0.2, -0.15) is 5.26 Å². The Balaban J connectivity index is 1.35. The predicted octanol–water partition coefficient (Wildman–Crippen LogP) is 4.92. The van der Waals surface area contributed by atoms with Crippen molar-refractivity contribution >= 4 is 17.8 Å². The first-order valence-corrected chi connectivity index (χ1v) is 12.0. The van der Waals surface area contributed by atoms with E-state index in [1.165, 1.54) is 27.3 Å². The Morgan fingerprint density at radius 1 is 1.06 bits per heavy atom. The van der Waals surface area contributed by atoms with Crippen LogP contribution in [0, 0.1) is 18.3 Å². The largest absolute Gasteiger partial charge is 0.371 e. The molecule has 33 heavy (non-hydrogen) atoms. The van der Waals surface area contributed by atoms with Crippen molar-refractivity contribution in [1.82, 2.24) is 9.47 Å². The van der Waals surface area contributed by atoms with Crippen molar-refractivity contribution in [3.05, 3.63) is 99.7 Å². The molecule has 1 fully saturated rings. The van der Waals surface area contributed by atoms with E-state index >= 15 is 0 Å². The van der Waals surface area contributed by atoms with Gasteiger partial charge in [0.05, 0.1) is 11.6 Å². The first-order chi connectivity index (χ1) is 16.1. The summed E-state index contributed by atoms with van der Waals surface area (Å²) in [6, 6.07) is 18.9. The molecular formula is C30H31N3. The second-order valence-electron chi connectivity index (χ2n) is 9.38. The number of fused-ring (bicyclic) bond motifs is 1. The van der Waals surface area contributed by atoms with Crippen LogP contribution < -0.4 is 10.6 Å². The highest BCUT2D eigenvalue weighted by Crippen LogP contribution is 2.30. The molecule has 2 aromatic carbocycles. The van der Waals surface area contributed by atoms with E-state index in [1.54, 1.807) is 0 Å².